The number of carboxylic acid groups (broad SMARTS) is 1. The van der Waals surface area contributed by atoms with Gasteiger partial charge >= 0.3 is 5.97 Å². The molecule has 1 aromatic rings. The van der Waals surface area contributed by atoms with Crippen LogP contribution in [0.15, 0.2) is 6.07 Å². The minimum Gasteiger partial charge on any atom is -0.480 e. The van der Waals surface area contributed by atoms with Crippen LogP contribution in [0.3, 0.4) is 0 Å². The zero-order chi connectivity index (χ0) is 14.6. The molecule has 0 aromatic carbocycles. The van der Waals surface area contributed by atoms with Crippen LogP contribution < -0.4 is 5.32 Å². The summed E-state index contributed by atoms with van der Waals surface area (Å²) in [4.78, 5) is 25.3. The topological polar surface area (TPSA) is 66.4 Å². The van der Waals surface area contributed by atoms with Crippen molar-refractivity contribution in [2.24, 2.45) is 0 Å². The summed E-state index contributed by atoms with van der Waals surface area (Å²) in [5, 5.41) is 12.0. The average Bonchev–Trinajstić information content (AvgIpc) is 2.76. The minimum absolute atomic E-state index is 0.293. The maximum absolute atomic E-state index is 12.2. The van der Waals surface area contributed by atoms with Gasteiger partial charge in [-0.05, 0) is 37.8 Å². The summed E-state index contributed by atoms with van der Waals surface area (Å²) >= 11 is 1.44. The monoisotopic (exact) mass is 283 g/mol. The molecule has 0 spiro atoms. The van der Waals surface area contributed by atoms with Crippen LogP contribution in [0.4, 0.5) is 0 Å². The number of hydrogen-bond donors (Lipinski definition) is 2. The maximum atomic E-state index is 12.2. The summed E-state index contributed by atoms with van der Waals surface area (Å²) in [6.45, 7) is 7.56. The molecule has 1 heterocycles. The number of nitrogens with one attached hydrogen (secondary N) is 1. The third-order valence-electron chi connectivity index (χ3n) is 3.53. The lowest BCUT2D eigenvalue weighted by molar-refractivity contribution is -0.144. The predicted octanol–water partition coefficient (Wildman–Crippen LogP) is 2.99. The van der Waals surface area contributed by atoms with Crippen LogP contribution >= 0.6 is 11.3 Å². The molecule has 106 valence electrons. The molecule has 19 heavy (non-hydrogen) atoms. The molecule has 0 saturated heterocycles. The van der Waals surface area contributed by atoms with E-state index in [4.69, 9.17) is 0 Å². The third-order valence-corrected chi connectivity index (χ3v) is 4.91. The Balaban J connectivity index is 2.97. The molecule has 1 aromatic heterocycles. The van der Waals surface area contributed by atoms with Crippen molar-refractivity contribution in [1.29, 1.82) is 0 Å². The van der Waals surface area contributed by atoms with E-state index in [9.17, 15) is 14.7 Å². The average molecular weight is 283 g/mol. The molecule has 4 nitrogen and oxygen atoms in total. The van der Waals surface area contributed by atoms with E-state index in [1.165, 1.54) is 16.2 Å². The van der Waals surface area contributed by atoms with E-state index in [0.717, 1.165) is 12.0 Å². The first-order valence-electron chi connectivity index (χ1n) is 6.55. The highest BCUT2D eigenvalue weighted by molar-refractivity contribution is 7.14. The van der Waals surface area contributed by atoms with Gasteiger partial charge in [0.05, 0.1) is 4.88 Å². The van der Waals surface area contributed by atoms with Crippen molar-refractivity contribution >= 4 is 23.2 Å². The molecular weight excluding hydrogens is 262 g/mol. The molecule has 5 heteroatoms. The van der Waals surface area contributed by atoms with Gasteiger partial charge in [-0.25, -0.2) is 4.79 Å². The van der Waals surface area contributed by atoms with Crippen molar-refractivity contribution in [3.05, 3.63) is 21.4 Å². The van der Waals surface area contributed by atoms with Gasteiger partial charge in [0.25, 0.3) is 5.91 Å². The van der Waals surface area contributed by atoms with Crippen molar-refractivity contribution in [1.82, 2.24) is 5.32 Å². The summed E-state index contributed by atoms with van der Waals surface area (Å²) < 4.78 is 0. The number of carboxylic acids is 1. The second-order valence-electron chi connectivity index (χ2n) is 4.62. The third kappa shape index (κ3) is 3.15. The zero-order valence-corrected chi connectivity index (χ0v) is 12.7. The Morgan fingerprint density at radius 1 is 1.32 bits per heavy atom. The highest BCUT2D eigenvalue weighted by Crippen LogP contribution is 2.24. The molecule has 0 fully saturated rings. The fourth-order valence-corrected chi connectivity index (χ4v) is 3.05. The van der Waals surface area contributed by atoms with E-state index >= 15 is 0 Å². The van der Waals surface area contributed by atoms with Crippen LogP contribution in [0.1, 0.15) is 53.7 Å². The Morgan fingerprint density at radius 2 is 1.89 bits per heavy atom. The Morgan fingerprint density at radius 3 is 2.26 bits per heavy atom. The first-order valence-corrected chi connectivity index (χ1v) is 7.37. The standard InChI is InChI=1S/C14H21NO3S/c1-5-10-9(4)8-11(19-10)12(16)15-14(6-2,7-3)13(17)18/h8H,5-7H2,1-4H3,(H,15,16)(H,17,18). The van der Waals surface area contributed by atoms with Crippen LogP contribution in [0.2, 0.25) is 0 Å². The molecule has 1 rings (SSSR count). The molecule has 2 N–H and O–H groups in total. The number of thiophene rings is 1. The van der Waals surface area contributed by atoms with Gasteiger partial charge in [-0.1, -0.05) is 20.8 Å². The van der Waals surface area contributed by atoms with Crippen LogP contribution in [-0.4, -0.2) is 22.5 Å². The number of amides is 1. The van der Waals surface area contributed by atoms with Crippen LogP contribution in [0.25, 0.3) is 0 Å². The maximum Gasteiger partial charge on any atom is 0.329 e. The summed E-state index contributed by atoms with van der Waals surface area (Å²) in [7, 11) is 0. The Kier molecular flexibility index (Phi) is 5.11. The molecule has 0 aliphatic rings. The summed E-state index contributed by atoms with van der Waals surface area (Å²) in [5.74, 6) is -1.27. The van der Waals surface area contributed by atoms with Crippen LogP contribution in [0, 0.1) is 6.92 Å². The first-order chi connectivity index (χ1) is 8.90. The molecular formula is C14H21NO3S. The Labute approximate surface area is 117 Å². The van der Waals surface area contributed by atoms with Gasteiger partial charge < -0.3 is 10.4 Å². The van der Waals surface area contributed by atoms with Crippen molar-refractivity contribution in [3.8, 4) is 0 Å². The van der Waals surface area contributed by atoms with E-state index in [1.807, 2.05) is 19.9 Å². The number of aryl methyl sites for hydroxylation is 2. The Hall–Kier alpha value is -1.36. The van der Waals surface area contributed by atoms with E-state index in [-0.39, 0.29) is 5.91 Å². The summed E-state index contributed by atoms with van der Waals surface area (Å²) in [6.07, 6.45) is 1.63. The number of carbonyl (C=O) groups excluding carboxylic acids is 1. The van der Waals surface area contributed by atoms with E-state index in [0.29, 0.717) is 17.7 Å². The number of hydrogen-bond acceptors (Lipinski definition) is 3. The van der Waals surface area contributed by atoms with E-state index in [2.05, 4.69) is 5.32 Å². The summed E-state index contributed by atoms with van der Waals surface area (Å²) in [6, 6.07) is 1.83. The van der Waals surface area contributed by atoms with Gasteiger partial charge in [0.2, 0.25) is 0 Å². The number of aliphatic carboxylic acids is 1. The van der Waals surface area contributed by atoms with Gasteiger partial charge in [-0.2, -0.15) is 0 Å². The van der Waals surface area contributed by atoms with Crippen molar-refractivity contribution in [2.45, 2.75) is 52.5 Å². The largest absolute Gasteiger partial charge is 0.480 e. The van der Waals surface area contributed by atoms with Crippen molar-refractivity contribution in [2.75, 3.05) is 0 Å². The smallest absolute Gasteiger partial charge is 0.329 e. The number of carbonyl (C=O) groups is 2. The molecule has 0 atom stereocenters. The van der Waals surface area contributed by atoms with Crippen molar-refractivity contribution < 1.29 is 14.7 Å². The molecule has 0 saturated carbocycles. The molecule has 0 radical (unpaired) electrons. The highest BCUT2D eigenvalue weighted by atomic mass is 32.1. The quantitative estimate of drug-likeness (QED) is 0.843. The number of rotatable bonds is 6. The van der Waals surface area contributed by atoms with Crippen LogP contribution in [-0.2, 0) is 11.2 Å². The molecule has 1 amide bonds. The molecule has 0 unspecified atom stereocenters. The SMILES string of the molecule is CCc1sc(C(=O)NC(CC)(CC)C(=O)O)cc1C. The van der Waals surface area contributed by atoms with Gasteiger partial charge in [-0.3, -0.25) is 4.79 Å². The fourth-order valence-electron chi connectivity index (χ4n) is 2.04. The van der Waals surface area contributed by atoms with Gasteiger partial charge in [0, 0.05) is 4.88 Å². The van der Waals surface area contributed by atoms with Gasteiger partial charge in [0.15, 0.2) is 0 Å². The highest BCUT2D eigenvalue weighted by Gasteiger charge is 2.36. The van der Waals surface area contributed by atoms with Crippen LogP contribution in [0.5, 0.6) is 0 Å². The lowest BCUT2D eigenvalue weighted by atomic mass is 9.93. The van der Waals surface area contributed by atoms with Gasteiger partial charge in [-0.15, -0.1) is 11.3 Å². The van der Waals surface area contributed by atoms with Gasteiger partial charge in [0.1, 0.15) is 5.54 Å². The Bertz CT molecular complexity index is 475. The first kappa shape index (κ1) is 15.7. The normalized spacial score (nSPS) is 11.4. The van der Waals surface area contributed by atoms with E-state index < -0.39 is 11.5 Å². The second kappa shape index (κ2) is 6.19. The second-order valence-corrected chi connectivity index (χ2v) is 5.76. The minimum atomic E-state index is -1.17. The molecule has 0 aliphatic heterocycles. The lowest BCUT2D eigenvalue weighted by Gasteiger charge is -2.27. The zero-order valence-electron chi connectivity index (χ0n) is 11.9. The molecule has 0 bridgehead atoms. The predicted molar refractivity (Wildman–Crippen MR) is 76.8 cm³/mol. The van der Waals surface area contributed by atoms with Crippen molar-refractivity contribution in [3.63, 3.8) is 0 Å². The summed E-state index contributed by atoms with van der Waals surface area (Å²) in [5.41, 5.74) is -0.0759. The lowest BCUT2D eigenvalue weighted by Crippen LogP contribution is -2.53. The molecule has 0 aliphatic carbocycles. The fraction of sp³-hybridized carbons (Fsp3) is 0.571. The van der Waals surface area contributed by atoms with E-state index in [1.54, 1.807) is 13.8 Å².